The zero-order valence-electron chi connectivity index (χ0n) is 17.8. The molecule has 5 heteroatoms. The Hall–Kier alpha value is -2.42. The number of carbonyl (C=O) groups excluding carboxylic acids is 1. The molecule has 0 unspecified atom stereocenters. The lowest BCUT2D eigenvalue weighted by Gasteiger charge is -2.26. The van der Waals surface area contributed by atoms with Crippen molar-refractivity contribution in [3.63, 3.8) is 0 Å². The van der Waals surface area contributed by atoms with Gasteiger partial charge in [-0.1, -0.05) is 6.92 Å². The average Bonchev–Trinajstić information content (AvgIpc) is 3.34. The lowest BCUT2D eigenvalue weighted by Crippen LogP contribution is -2.35. The number of carbonyl (C=O) groups is 1. The third-order valence-corrected chi connectivity index (χ3v) is 7.40. The molecule has 0 radical (unpaired) electrons. The number of fused-ring (bicyclic) bond motifs is 2. The van der Waals surface area contributed by atoms with Crippen molar-refractivity contribution < 1.29 is 9.53 Å². The predicted molar refractivity (Wildman–Crippen MR) is 115 cm³/mol. The molecule has 3 aliphatic rings. The van der Waals surface area contributed by atoms with Crippen molar-refractivity contribution >= 4 is 5.78 Å². The molecule has 3 saturated heterocycles. The fraction of sp³-hybridized carbons (Fsp3) is 0.520. The third-order valence-electron chi connectivity index (χ3n) is 7.40. The Balaban J connectivity index is 1.46. The van der Waals surface area contributed by atoms with Gasteiger partial charge in [-0.05, 0) is 68.9 Å². The van der Waals surface area contributed by atoms with E-state index in [0.717, 1.165) is 42.3 Å². The van der Waals surface area contributed by atoms with Gasteiger partial charge >= 0.3 is 0 Å². The summed E-state index contributed by atoms with van der Waals surface area (Å²) in [6.07, 6.45) is 4.61. The summed E-state index contributed by atoms with van der Waals surface area (Å²) >= 11 is 0. The molecule has 1 aromatic heterocycles. The molecule has 0 saturated carbocycles. The van der Waals surface area contributed by atoms with Gasteiger partial charge in [0, 0.05) is 40.6 Å². The van der Waals surface area contributed by atoms with Crippen molar-refractivity contribution in [3.8, 4) is 11.8 Å². The molecule has 1 aromatic carbocycles. The second-order valence-electron chi connectivity index (χ2n) is 9.34. The van der Waals surface area contributed by atoms with Crippen molar-refractivity contribution in [1.29, 1.82) is 5.26 Å². The average molecular weight is 404 g/mol. The van der Waals surface area contributed by atoms with E-state index >= 15 is 0 Å². The van der Waals surface area contributed by atoms with Crippen LogP contribution < -0.4 is 0 Å². The van der Waals surface area contributed by atoms with E-state index in [1.165, 1.54) is 19.3 Å². The Morgan fingerprint density at radius 2 is 2.00 bits per heavy atom. The van der Waals surface area contributed by atoms with Crippen LogP contribution in [0.3, 0.4) is 0 Å². The molecule has 0 N–H and O–H groups in total. The van der Waals surface area contributed by atoms with Crippen LogP contribution in [0.2, 0.25) is 0 Å². The van der Waals surface area contributed by atoms with Gasteiger partial charge in [0.15, 0.2) is 5.78 Å². The van der Waals surface area contributed by atoms with Crippen LogP contribution in [0.25, 0.3) is 5.69 Å². The first-order valence-corrected chi connectivity index (χ1v) is 11.1. The Kier molecular flexibility index (Phi) is 5.00. The van der Waals surface area contributed by atoms with Crippen molar-refractivity contribution in [2.24, 2.45) is 11.8 Å². The first kappa shape index (κ1) is 19.5. The van der Waals surface area contributed by atoms with Crippen LogP contribution in [0.5, 0.6) is 0 Å². The maximum atomic E-state index is 13.4. The smallest absolute Gasteiger partial charge is 0.178 e. The number of hydrogen-bond donors (Lipinski definition) is 0. The zero-order chi connectivity index (χ0) is 20.8. The number of hydrogen-bond acceptors (Lipinski definition) is 4. The maximum absolute atomic E-state index is 13.4. The topological polar surface area (TPSA) is 58.3 Å². The van der Waals surface area contributed by atoms with Crippen LogP contribution in [-0.4, -0.2) is 47.1 Å². The van der Waals surface area contributed by atoms with Gasteiger partial charge in [0.1, 0.15) is 0 Å². The summed E-state index contributed by atoms with van der Waals surface area (Å²) in [4.78, 5) is 15.9. The van der Waals surface area contributed by atoms with Crippen molar-refractivity contribution in [3.05, 3.63) is 52.8 Å². The molecule has 0 aliphatic carbocycles. The molecule has 5 nitrogen and oxygen atoms in total. The monoisotopic (exact) mass is 403 g/mol. The molecule has 3 aliphatic heterocycles. The molecule has 4 heterocycles. The van der Waals surface area contributed by atoms with E-state index in [9.17, 15) is 4.79 Å². The predicted octanol–water partition coefficient (Wildman–Crippen LogP) is 3.90. The summed E-state index contributed by atoms with van der Waals surface area (Å²) in [6, 6.07) is 13.1. The minimum atomic E-state index is 0.233. The summed E-state index contributed by atoms with van der Waals surface area (Å²) < 4.78 is 7.58. The highest BCUT2D eigenvalue weighted by Crippen LogP contribution is 2.41. The van der Waals surface area contributed by atoms with Crippen LogP contribution in [-0.2, 0) is 11.2 Å². The van der Waals surface area contributed by atoms with Crippen LogP contribution >= 0.6 is 0 Å². The van der Waals surface area contributed by atoms with Gasteiger partial charge in [-0.2, -0.15) is 5.26 Å². The number of ketones is 1. The standard InChI is InChI=1S/C25H29N3O2/c1-16-9-21-7-8-24(16)27(21)13-25(29)23-11-22(10-19-14-30-15-19)28(17(23)2)20-5-3-18(12-26)4-6-20/h3-6,11,16,19,21,24H,7-10,13-15H2,1-2H3/t16-,21-,24+/m0/s1. The highest BCUT2D eigenvalue weighted by atomic mass is 16.5. The molecule has 156 valence electrons. The fourth-order valence-electron chi connectivity index (χ4n) is 5.76. The second-order valence-corrected chi connectivity index (χ2v) is 9.34. The number of Topliss-reactive ketones (excluding diaryl/α,β-unsaturated/α-hetero) is 1. The summed E-state index contributed by atoms with van der Waals surface area (Å²) in [7, 11) is 0. The van der Waals surface area contributed by atoms with E-state index in [4.69, 9.17) is 10.00 Å². The van der Waals surface area contributed by atoms with Gasteiger partial charge in [-0.3, -0.25) is 9.69 Å². The number of benzene rings is 1. The van der Waals surface area contributed by atoms with Crippen molar-refractivity contribution in [1.82, 2.24) is 9.47 Å². The molecule has 5 rings (SSSR count). The first-order valence-electron chi connectivity index (χ1n) is 11.1. The lowest BCUT2D eigenvalue weighted by molar-refractivity contribution is -0.0318. The van der Waals surface area contributed by atoms with Crippen LogP contribution in [0.1, 0.15) is 53.5 Å². The van der Waals surface area contributed by atoms with E-state index in [2.05, 4.69) is 28.5 Å². The summed E-state index contributed by atoms with van der Waals surface area (Å²) in [5, 5.41) is 9.13. The highest BCUT2D eigenvalue weighted by Gasteiger charge is 2.44. The van der Waals surface area contributed by atoms with Gasteiger partial charge in [0.25, 0.3) is 0 Å². The largest absolute Gasteiger partial charge is 0.381 e. The number of ether oxygens (including phenoxy) is 1. The summed E-state index contributed by atoms with van der Waals surface area (Å²) in [6.45, 7) is 6.48. The third kappa shape index (κ3) is 3.29. The Morgan fingerprint density at radius 3 is 2.57 bits per heavy atom. The summed E-state index contributed by atoms with van der Waals surface area (Å²) in [5.41, 5.74) is 4.66. The van der Waals surface area contributed by atoms with Crippen molar-refractivity contribution in [2.75, 3.05) is 19.8 Å². The SMILES string of the molecule is Cc1c(C(=O)CN2[C@H]3CC[C@@H]2[C@@H](C)C3)cc(CC2COC2)n1-c1ccc(C#N)cc1. The van der Waals surface area contributed by atoms with Gasteiger partial charge in [-0.15, -0.1) is 0 Å². The Bertz CT molecular complexity index is 997. The molecular weight excluding hydrogens is 374 g/mol. The van der Waals surface area contributed by atoms with Gasteiger partial charge in [0.05, 0.1) is 31.4 Å². The molecule has 30 heavy (non-hydrogen) atoms. The summed E-state index contributed by atoms with van der Waals surface area (Å²) in [5.74, 6) is 1.45. The Labute approximate surface area is 178 Å². The minimum Gasteiger partial charge on any atom is -0.381 e. The van der Waals surface area contributed by atoms with E-state index in [1.807, 2.05) is 31.2 Å². The molecule has 3 atom stereocenters. The second kappa shape index (κ2) is 7.68. The Morgan fingerprint density at radius 1 is 1.23 bits per heavy atom. The maximum Gasteiger partial charge on any atom is 0.178 e. The van der Waals surface area contributed by atoms with Gasteiger partial charge in [0.2, 0.25) is 0 Å². The number of rotatable bonds is 6. The molecule has 2 bridgehead atoms. The molecule has 3 fully saturated rings. The van der Waals surface area contributed by atoms with Crippen LogP contribution in [0.15, 0.2) is 30.3 Å². The number of nitrogens with zero attached hydrogens (tertiary/aromatic N) is 3. The van der Waals surface area contributed by atoms with Crippen molar-refractivity contribution in [2.45, 2.75) is 51.6 Å². The number of nitriles is 1. The molecular formula is C25H29N3O2. The van der Waals surface area contributed by atoms with Crippen LogP contribution in [0, 0.1) is 30.1 Å². The first-order chi connectivity index (χ1) is 14.5. The number of aromatic nitrogens is 1. The van der Waals surface area contributed by atoms with Crippen LogP contribution in [0.4, 0.5) is 0 Å². The normalized spacial score (nSPS) is 26.0. The van der Waals surface area contributed by atoms with Gasteiger partial charge < -0.3 is 9.30 Å². The van der Waals surface area contributed by atoms with E-state index in [0.29, 0.717) is 36.0 Å². The molecule has 2 aromatic rings. The zero-order valence-corrected chi connectivity index (χ0v) is 17.8. The molecule has 0 amide bonds. The van der Waals surface area contributed by atoms with Gasteiger partial charge in [-0.25, -0.2) is 0 Å². The highest BCUT2D eigenvalue weighted by molar-refractivity contribution is 5.99. The van der Waals surface area contributed by atoms with E-state index < -0.39 is 0 Å². The lowest BCUT2D eigenvalue weighted by atomic mass is 9.91. The quantitative estimate of drug-likeness (QED) is 0.687. The van der Waals surface area contributed by atoms with E-state index in [-0.39, 0.29) is 5.78 Å². The van der Waals surface area contributed by atoms with E-state index in [1.54, 1.807) is 0 Å². The fourth-order valence-corrected chi connectivity index (χ4v) is 5.76. The molecule has 0 spiro atoms. The minimum absolute atomic E-state index is 0.233.